The highest BCUT2D eigenvalue weighted by atomic mass is 16.5. The fraction of sp³-hybridized carbons (Fsp3) is 0.867. The highest BCUT2D eigenvalue weighted by molar-refractivity contribution is 5.83. The molecule has 0 radical (unpaired) electrons. The molecule has 0 aliphatic heterocycles. The first-order valence-electron chi connectivity index (χ1n) is 14.5. The molecule has 2 N–H and O–H groups in total. The number of fused-ring (bicyclic) bond motifs is 5. The lowest BCUT2D eigenvalue weighted by Crippen LogP contribution is -2.61. The van der Waals surface area contributed by atoms with E-state index in [1.165, 1.54) is 0 Å². The van der Waals surface area contributed by atoms with Crippen LogP contribution < -0.4 is 5.32 Å². The molecule has 0 unspecified atom stereocenters. The average molecular weight is 534 g/mol. The number of ether oxygens (including phenoxy) is 2. The van der Waals surface area contributed by atoms with Crippen molar-refractivity contribution < 1.29 is 33.8 Å². The number of hydrogen-bond acceptors (Lipinski definition) is 7. The van der Waals surface area contributed by atoms with Crippen LogP contribution in [0.1, 0.15) is 92.4 Å². The second-order valence-corrected chi connectivity index (χ2v) is 13.9. The third-order valence-corrected chi connectivity index (χ3v) is 11.4. The van der Waals surface area contributed by atoms with Crippen molar-refractivity contribution in [2.45, 2.75) is 110 Å². The number of carbonyl (C=O) groups is 4. The minimum atomic E-state index is -0.653. The van der Waals surface area contributed by atoms with Gasteiger partial charge in [0.25, 0.3) is 12.9 Å². The lowest BCUT2D eigenvalue weighted by Gasteiger charge is -2.61. The lowest BCUT2D eigenvalue weighted by molar-refractivity contribution is -0.192. The first-order valence-corrected chi connectivity index (χ1v) is 14.5. The Morgan fingerprint density at radius 2 is 1.84 bits per heavy atom. The molecule has 8 nitrogen and oxygen atoms in total. The van der Waals surface area contributed by atoms with E-state index in [1.807, 2.05) is 0 Å². The molecule has 4 aliphatic rings. The lowest BCUT2D eigenvalue weighted by atomic mass is 9.43. The first kappa shape index (κ1) is 29.0. The van der Waals surface area contributed by atoms with Crippen LogP contribution in [0.4, 0.5) is 0 Å². The zero-order valence-corrected chi connectivity index (χ0v) is 23.7. The number of aliphatic hydroxyl groups excluding tert-OH is 1. The maximum absolute atomic E-state index is 13.8. The van der Waals surface area contributed by atoms with Crippen LogP contribution in [0.3, 0.4) is 0 Å². The Bertz CT molecular complexity index is 920. The van der Waals surface area contributed by atoms with Gasteiger partial charge in [-0.15, -0.1) is 0 Å². The van der Waals surface area contributed by atoms with E-state index in [2.05, 4.69) is 26.1 Å². The van der Waals surface area contributed by atoms with Crippen LogP contribution in [-0.2, 0) is 28.7 Å². The summed E-state index contributed by atoms with van der Waals surface area (Å²) in [5.41, 5.74) is -1.02. The highest BCUT2D eigenvalue weighted by Gasteiger charge is 2.67. The molecule has 0 heterocycles. The molecule has 1 amide bonds. The Labute approximate surface area is 227 Å². The summed E-state index contributed by atoms with van der Waals surface area (Å²) >= 11 is 0. The maximum atomic E-state index is 13.8. The van der Waals surface area contributed by atoms with E-state index in [0.717, 1.165) is 32.1 Å². The van der Waals surface area contributed by atoms with Crippen molar-refractivity contribution in [2.24, 2.45) is 46.3 Å². The smallest absolute Gasteiger partial charge is 0.293 e. The van der Waals surface area contributed by atoms with E-state index >= 15 is 0 Å². The van der Waals surface area contributed by atoms with Crippen LogP contribution in [0.15, 0.2) is 0 Å². The summed E-state index contributed by atoms with van der Waals surface area (Å²) in [6.45, 7) is 11.3. The van der Waals surface area contributed by atoms with Crippen molar-refractivity contribution in [3.05, 3.63) is 0 Å². The molecular formula is C30H47NO7. The molecule has 0 aromatic carbocycles. The molecule has 10 atom stereocenters. The average Bonchev–Trinajstić information content (AvgIpc) is 3.22. The van der Waals surface area contributed by atoms with Gasteiger partial charge in [0, 0.05) is 24.2 Å². The van der Waals surface area contributed by atoms with Gasteiger partial charge in [-0.25, -0.2) is 0 Å². The third-order valence-electron chi connectivity index (χ3n) is 11.4. The molecule has 4 saturated carbocycles. The molecule has 4 aliphatic carbocycles. The number of aliphatic hydroxyl groups is 1. The Kier molecular flexibility index (Phi) is 8.33. The van der Waals surface area contributed by atoms with E-state index in [1.54, 1.807) is 13.8 Å². The summed E-state index contributed by atoms with van der Waals surface area (Å²) in [6.07, 6.45) is 6.21. The fourth-order valence-electron chi connectivity index (χ4n) is 9.31. The van der Waals surface area contributed by atoms with E-state index in [9.17, 15) is 24.3 Å². The zero-order chi connectivity index (χ0) is 27.9. The largest absolute Gasteiger partial charge is 0.465 e. The van der Waals surface area contributed by atoms with Gasteiger partial charge in [-0.05, 0) is 93.8 Å². The van der Waals surface area contributed by atoms with Crippen LogP contribution in [0.2, 0.25) is 0 Å². The molecule has 4 rings (SSSR count). The number of amides is 1. The van der Waals surface area contributed by atoms with E-state index in [4.69, 9.17) is 9.47 Å². The molecule has 0 aromatic rings. The highest BCUT2D eigenvalue weighted by Crippen LogP contribution is 2.68. The Morgan fingerprint density at radius 3 is 2.50 bits per heavy atom. The van der Waals surface area contributed by atoms with Gasteiger partial charge in [-0.3, -0.25) is 19.2 Å². The predicted molar refractivity (Wildman–Crippen MR) is 141 cm³/mol. The van der Waals surface area contributed by atoms with E-state index in [-0.39, 0.29) is 71.1 Å². The SMILES string of the molecule is C[C@H](CCC(=O)NC(C)(C)CO)[C@H]1CC[C@H]2[C@@H]3C(=O)C[C@@H]4C[C@H](OC=O)CC[C@]4(C)[C@H]3C[C@H](OC=O)[C@]12C. The molecule has 8 heteroatoms. The van der Waals surface area contributed by atoms with Crippen molar-refractivity contribution in [3.8, 4) is 0 Å². The molecule has 0 aromatic heterocycles. The molecule has 0 spiro atoms. The fourth-order valence-corrected chi connectivity index (χ4v) is 9.31. The number of carbonyl (C=O) groups excluding carboxylic acids is 4. The number of nitrogens with one attached hydrogen (secondary N) is 1. The topological polar surface area (TPSA) is 119 Å². The number of hydrogen-bond donors (Lipinski definition) is 2. The minimum Gasteiger partial charge on any atom is -0.465 e. The van der Waals surface area contributed by atoms with Crippen molar-refractivity contribution in [2.75, 3.05) is 6.61 Å². The first-order chi connectivity index (χ1) is 17.9. The van der Waals surface area contributed by atoms with Crippen LogP contribution in [0, 0.1) is 46.3 Å². The summed E-state index contributed by atoms with van der Waals surface area (Å²) < 4.78 is 11.2. The Morgan fingerprint density at radius 1 is 1.13 bits per heavy atom. The van der Waals surface area contributed by atoms with Gasteiger partial charge in [0.05, 0.1) is 12.1 Å². The summed E-state index contributed by atoms with van der Waals surface area (Å²) in [5, 5.41) is 12.4. The maximum Gasteiger partial charge on any atom is 0.293 e. The minimum absolute atomic E-state index is 0.0397. The van der Waals surface area contributed by atoms with Gasteiger partial charge in [0.15, 0.2) is 0 Å². The second-order valence-electron chi connectivity index (χ2n) is 13.9. The van der Waals surface area contributed by atoms with Gasteiger partial charge in [-0.1, -0.05) is 20.8 Å². The zero-order valence-electron chi connectivity index (χ0n) is 23.7. The summed E-state index contributed by atoms with van der Waals surface area (Å²) in [6, 6.07) is 0. The van der Waals surface area contributed by atoms with E-state index in [0.29, 0.717) is 44.4 Å². The molecule has 4 fully saturated rings. The van der Waals surface area contributed by atoms with Gasteiger partial charge in [-0.2, -0.15) is 0 Å². The summed E-state index contributed by atoms with van der Waals surface area (Å²) in [7, 11) is 0. The Balaban J connectivity index is 1.54. The number of ketones is 1. The van der Waals surface area contributed by atoms with Gasteiger partial charge in [0.2, 0.25) is 5.91 Å². The summed E-state index contributed by atoms with van der Waals surface area (Å²) in [5.74, 6) is 1.15. The predicted octanol–water partition coefficient (Wildman–Crippen LogP) is 3.82. The normalized spacial score (nSPS) is 41.2. The summed E-state index contributed by atoms with van der Waals surface area (Å²) in [4.78, 5) is 49.1. The van der Waals surface area contributed by atoms with Crippen LogP contribution in [0.25, 0.3) is 0 Å². The molecule has 38 heavy (non-hydrogen) atoms. The van der Waals surface area contributed by atoms with Crippen molar-refractivity contribution in [3.63, 3.8) is 0 Å². The van der Waals surface area contributed by atoms with Crippen LogP contribution in [-0.4, -0.2) is 54.1 Å². The molecule has 0 bridgehead atoms. The number of Topliss-reactive ketones (excluding diaryl/α,β-unsaturated/α-hetero) is 1. The van der Waals surface area contributed by atoms with Crippen LogP contribution >= 0.6 is 0 Å². The molecule has 0 saturated heterocycles. The monoisotopic (exact) mass is 533 g/mol. The Hall–Kier alpha value is -1.96. The standard InChI is InChI=1S/C30H47NO7/c1-18(6-9-26(36)31-28(2,3)15-32)21-7-8-22-27-23(14-25(38-17-34)30(21,22)5)29(4)11-10-20(37-16-33)12-19(29)13-24(27)35/h16-23,25,27,32H,6-15H2,1-5H3,(H,31,36)/t18-,19+,20-,21-,22+,23+,25+,27+,29+,30-/m1/s1. The molecule has 214 valence electrons. The van der Waals surface area contributed by atoms with E-state index < -0.39 is 5.54 Å². The number of rotatable bonds is 10. The van der Waals surface area contributed by atoms with Crippen molar-refractivity contribution in [1.82, 2.24) is 5.32 Å². The van der Waals surface area contributed by atoms with Gasteiger partial charge < -0.3 is 19.9 Å². The van der Waals surface area contributed by atoms with Crippen molar-refractivity contribution >= 4 is 24.6 Å². The molecular weight excluding hydrogens is 486 g/mol. The second kappa shape index (κ2) is 10.9. The van der Waals surface area contributed by atoms with Gasteiger partial charge >= 0.3 is 0 Å². The van der Waals surface area contributed by atoms with Crippen LogP contribution in [0.5, 0.6) is 0 Å². The van der Waals surface area contributed by atoms with Gasteiger partial charge in [0.1, 0.15) is 18.0 Å². The van der Waals surface area contributed by atoms with Crippen molar-refractivity contribution in [1.29, 1.82) is 0 Å². The quantitative estimate of drug-likeness (QED) is 0.410. The third kappa shape index (κ3) is 5.02.